The second-order valence-corrected chi connectivity index (χ2v) is 7.20. The summed E-state index contributed by atoms with van der Waals surface area (Å²) < 4.78 is 1.94. The predicted octanol–water partition coefficient (Wildman–Crippen LogP) is 2.56. The van der Waals surface area contributed by atoms with Gasteiger partial charge in [0.15, 0.2) is 0 Å². The van der Waals surface area contributed by atoms with E-state index >= 15 is 0 Å². The molecular weight excluding hydrogens is 342 g/mol. The summed E-state index contributed by atoms with van der Waals surface area (Å²) in [5.41, 5.74) is 1.96. The van der Waals surface area contributed by atoms with Gasteiger partial charge in [0.05, 0.1) is 6.04 Å². The summed E-state index contributed by atoms with van der Waals surface area (Å²) in [7, 11) is 0. The Labute approximate surface area is 158 Å². The Hall–Kier alpha value is -2.83. The fourth-order valence-corrected chi connectivity index (χ4v) is 3.86. The first-order valence-corrected chi connectivity index (χ1v) is 9.62. The number of nitrogens with one attached hydrogen (secondary N) is 1. The molecule has 2 aliphatic rings. The number of nitrogens with zero attached hydrogens (tertiary/aromatic N) is 4. The van der Waals surface area contributed by atoms with Gasteiger partial charge in [-0.3, -0.25) is 9.48 Å². The van der Waals surface area contributed by atoms with Gasteiger partial charge in [0, 0.05) is 50.7 Å². The van der Waals surface area contributed by atoms with Gasteiger partial charge in [-0.25, -0.2) is 4.79 Å². The second-order valence-electron chi connectivity index (χ2n) is 7.20. The molecule has 1 atom stereocenters. The van der Waals surface area contributed by atoms with Crippen LogP contribution in [0.4, 0.5) is 10.5 Å². The first-order valence-electron chi connectivity index (χ1n) is 9.62. The van der Waals surface area contributed by atoms with E-state index in [0.29, 0.717) is 19.5 Å². The maximum absolute atomic E-state index is 12.5. The lowest BCUT2D eigenvalue weighted by molar-refractivity contribution is -0.117. The molecule has 0 spiro atoms. The number of carbonyl (C=O) groups excluding carboxylic acids is 2. The molecule has 4 rings (SSSR count). The molecule has 142 valence electrons. The van der Waals surface area contributed by atoms with Crippen molar-refractivity contribution in [2.45, 2.75) is 38.3 Å². The Morgan fingerprint density at radius 3 is 2.74 bits per heavy atom. The molecule has 1 unspecified atom stereocenters. The summed E-state index contributed by atoms with van der Waals surface area (Å²) in [6.45, 7) is 2.74. The summed E-state index contributed by atoms with van der Waals surface area (Å²) >= 11 is 0. The van der Waals surface area contributed by atoms with Crippen molar-refractivity contribution in [3.63, 3.8) is 0 Å². The lowest BCUT2D eigenvalue weighted by Gasteiger charge is -2.32. The van der Waals surface area contributed by atoms with E-state index in [1.54, 1.807) is 6.20 Å². The molecule has 2 fully saturated rings. The van der Waals surface area contributed by atoms with E-state index < -0.39 is 0 Å². The summed E-state index contributed by atoms with van der Waals surface area (Å²) in [6.07, 6.45) is 7.31. The van der Waals surface area contributed by atoms with Gasteiger partial charge >= 0.3 is 6.03 Å². The minimum absolute atomic E-state index is 0.0364. The summed E-state index contributed by atoms with van der Waals surface area (Å²) in [4.78, 5) is 28.0. The van der Waals surface area contributed by atoms with Crippen LogP contribution in [0.5, 0.6) is 0 Å². The minimum Gasteiger partial charge on any atom is -0.334 e. The van der Waals surface area contributed by atoms with Crippen molar-refractivity contribution in [3.05, 3.63) is 48.3 Å². The van der Waals surface area contributed by atoms with E-state index in [9.17, 15) is 9.59 Å². The highest BCUT2D eigenvalue weighted by Gasteiger charge is 2.25. The number of urea groups is 1. The molecule has 1 N–H and O–H groups in total. The summed E-state index contributed by atoms with van der Waals surface area (Å²) in [5.74, 6) is 0.188. The number of carbonyl (C=O) groups is 2. The highest BCUT2D eigenvalue weighted by atomic mass is 16.2. The summed E-state index contributed by atoms with van der Waals surface area (Å²) in [5, 5.41) is 7.31. The molecule has 2 aliphatic heterocycles. The van der Waals surface area contributed by atoms with Crippen LogP contribution < -0.4 is 10.2 Å². The van der Waals surface area contributed by atoms with E-state index in [2.05, 4.69) is 10.4 Å². The monoisotopic (exact) mass is 367 g/mol. The van der Waals surface area contributed by atoms with Crippen molar-refractivity contribution in [2.24, 2.45) is 0 Å². The molecule has 1 aromatic carbocycles. The third-order valence-corrected chi connectivity index (χ3v) is 5.35. The smallest absolute Gasteiger partial charge is 0.317 e. The maximum atomic E-state index is 12.5. The molecule has 7 nitrogen and oxygen atoms in total. The van der Waals surface area contributed by atoms with Crippen LogP contribution in [0.1, 0.15) is 37.3 Å². The van der Waals surface area contributed by atoms with Crippen LogP contribution in [0.3, 0.4) is 0 Å². The zero-order valence-electron chi connectivity index (χ0n) is 15.4. The van der Waals surface area contributed by atoms with Crippen LogP contribution in [0.2, 0.25) is 0 Å². The van der Waals surface area contributed by atoms with Gasteiger partial charge in [-0.05, 0) is 43.0 Å². The van der Waals surface area contributed by atoms with Crippen LogP contribution in [0.15, 0.2) is 42.7 Å². The van der Waals surface area contributed by atoms with Crippen LogP contribution in [0, 0.1) is 0 Å². The Morgan fingerprint density at radius 2 is 2.04 bits per heavy atom. The highest BCUT2D eigenvalue weighted by molar-refractivity contribution is 5.95. The molecule has 0 bridgehead atoms. The average molecular weight is 367 g/mol. The van der Waals surface area contributed by atoms with E-state index in [0.717, 1.165) is 43.6 Å². The Bertz CT molecular complexity index is 787. The lowest BCUT2D eigenvalue weighted by Crippen LogP contribution is -2.45. The molecule has 0 saturated carbocycles. The molecule has 27 heavy (non-hydrogen) atoms. The van der Waals surface area contributed by atoms with Crippen molar-refractivity contribution in [2.75, 3.05) is 24.5 Å². The van der Waals surface area contributed by atoms with E-state index in [4.69, 9.17) is 0 Å². The van der Waals surface area contributed by atoms with Gasteiger partial charge in [0.25, 0.3) is 0 Å². The van der Waals surface area contributed by atoms with Gasteiger partial charge in [0.1, 0.15) is 0 Å². The largest absolute Gasteiger partial charge is 0.334 e. The normalized spacial score (nSPS) is 20.1. The van der Waals surface area contributed by atoms with Crippen LogP contribution in [0.25, 0.3) is 0 Å². The molecular formula is C20H25N5O2. The van der Waals surface area contributed by atoms with E-state index in [1.165, 1.54) is 0 Å². The van der Waals surface area contributed by atoms with Gasteiger partial charge < -0.3 is 15.1 Å². The van der Waals surface area contributed by atoms with Crippen molar-refractivity contribution in [1.29, 1.82) is 0 Å². The zero-order chi connectivity index (χ0) is 18.6. The number of aromatic nitrogens is 2. The molecule has 7 heteroatoms. The Morgan fingerprint density at radius 1 is 1.19 bits per heavy atom. The van der Waals surface area contributed by atoms with Crippen LogP contribution >= 0.6 is 0 Å². The first kappa shape index (κ1) is 17.6. The molecule has 2 aromatic rings. The van der Waals surface area contributed by atoms with Crippen molar-refractivity contribution in [1.82, 2.24) is 20.0 Å². The number of amides is 3. The number of rotatable bonds is 4. The molecule has 3 amide bonds. The molecule has 2 saturated heterocycles. The number of benzene rings is 1. The van der Waals surface area contributed by atoms with E-state index in [-0.39, 0.29) is 18.0 Å². The zero-order valence-corrected chi connectivity index (χ0v) is 15.4. The van der Waals surface area contributed by atoms with Gasteiger partial charge in [0.2, 0.25) is 5.91 Å². The lowest BCUT2D eigenvalue weighted by atomic mass is 10.1. The van der Waals surface area contributed by atoms with Crippen LogP contribution in [-0.4, -0.2) is 46.3 Å². The van der Waals surface area contributed by atoms with Gasteiger partial charge in [-0.2, -0.15) is 5.10 Å². The number of piperidine rings is 1. The standard InChI is InChI=1S/C20H25N5O2/c26-19-5-2-12-24(19)17-8-6-16(7-9-17)14-21-20(27)23-11-1-4-18(15-23)25-13-3-10-22-25/h3,6-10,13,18H,1-2,4-5,11-12,14-15H2,(H,21,27). The Kier molecular flexibility index (Phi) is 5.09. The van der Waals surface area contributed by atoms with Gasteiger partial charge in [-0.15, -0.1) is 0 Å². The molecule has 1 aromatic heterocycles. The number of likely N-dealkylation sites (tertiary alicyclic amines) is 1. The predicted molar refractivity (Wildman–Crippen MR) is 102 cm³/mol. The number of hydrogen-bond donors (Lipinski definition) is 1. The fourth-order valence-electron chi connectivity index (χ4n) is 3.86. The fraction of sp³-hybridized carbons (Fsp3) is 0.450. The third kappa shape index (κ3) is 3.97. The molecule has 0 aliphatic carbocycles. The number of hydrogen-bond acceptors (Lipinski definition) is 3. The molecule has 3 heterocycles. The van der Waals surface area contributed by atoms with Crippen molar-refractivity contribution in [3.8, 4) is 0 Å². The Balaban J connectivity index is 1.30. The molecule has 0 radical (unpaired) electrons. The number of anilines is 1. The summed E-state index contributed by atoms with van der Waals surface area (Å²) in [6, 6.07) is 9.99. The van der Waals surface area contributed by atoms with Crippen LogP contribution in [-0.2, 0) is 11.3 Å². The third-order valence-electron chi connectivity index (χ3n) is 5.35. The first-order chi connectivity index (χ1) is 13.2. The second kappa shape index (κ2) is 7.82. The highest BCUT2D eigenvalue weighted by Crippen LogP contribution is 2.22. The topological polar surface area (TPSA) is 70.5 Å². The minimum atomic E-state index is -0.0364. The van der Waals surface area contributed by atoms with E-state index in [1.807, 2.05) is 51.0 Å². The SMILES string of the molecule is O=C(NCc1ccc(N2CCCC2=O)cc1)N1CCCC(n2cccn2)C1. The van der Waals surface area contributed by atoms with Crippen molar-refractivity contribution < 1.29 is 9.59 Å². The average Bonchev–Trinajstić information content (AvgIpc) is 3.38. The van der Waals surface area contributed by atoms with Crippen molar-refractivity contribution >= 4 is 17.6 Å². The van der Waals surface area contributed by atoms with Gasteiger partial charge in [-0.1, -0.05) is 12.1 Å². The quantitative estimate of drug-likeness (QED) is 0.903. The maximum Gasteiger partial charge on any atom is 0.317 e.